The summed E-state index contributed by atoms with van der Waals surface area (Å²) in [5, 5.41) is 18.5. The zero-order chi connectivity index (χ0) is 29.1. The van der Waals surface area contributed by atoms with Crippen LogP contribution in [0.2, 0.25) is 0 Å². The summed E-state index contributed by atoms with van der Waals surface area (Å²) in [6.45, 7) is 6.62. The Morgan fingerprint density at radius 3 is 2.25 bits per heavy atom. The van der Waals surface area contributed by atoms with Gasteiger partial charge >= 0.3 is 5.97 Å². The Bertz CT molecular complexity index is 1210. The highest BCUT2D eigenvalue weighted by atomic mass is 32.2. The number of thiocarbonyl (C=S) groups is 1. The van der Waals surface area contributed by atoms with Gasteiger partial charge in [0.05, 0.1) is 4.91 Å². The largest absolute Gasteiger partial charge is 0.481 e. The number of thioether (sulfide) groups is 1. The van der Waals surface area contributed by atoms with Gasteiger partial charge in [0.1, 0.15) is 21.8 Å². The zero-order valence-corrected chi connectivity index (χ0v) is 25.5. The minimum Gasteiger partial charge on any atom is -0.481 e. The molecule has 8 nitrogen and oxygen atoms in total. The zero-order valence-electron chi connectivity index (χ0n) is 23.9. The van der Waals surface area contributed by atoms with Crippen molar-refractivity contribution in [1.29, 1.82) is 5.26 Å². The molecular formula is C30H42N4O4S2. The molecule has 3 heterocycles. The molecule has 0 aliphatic carbocycles. The van der Waals surface area contributed by atoms with Crippen LogP contribution in [0.1, 0.15) is 107 Å². The fourth-order valence-corrected chi connectivity index (χ4v) is 6.74. The van der Waals surface area contributed by atoms with E-state index in [2.05, 4.69) is 11.0 Å². The summed E-state index contributed by atoms with van der Waals surface area (Å²) in [7, 11) is 0. The fourth-order valence-electron chi connectivity index (χ4n) is 5.45. The number of carboxylic acids is 1. The van der Waals surface area contributed by atoms with Gasteiger partial charge in [-0.2, -0.15) is 5.26 Å². The van der Waals surface area contributed by atoms with Crippen LogP contribution in [-0.4, -0.2) is 50.4 Å². The highest BCUT2D eigenvalue weighted by molar-refractivity contribution is 8.26. The Hall–Kier alpha value is -2.64. The molecule has 3 rings (SSSR count). The van der Waals surface area contributed by atoms with Crippen molar-refractivity contribution in [2.24, 2.45) is 0 Å². The van der Waals surface area contributed by atoms with Crippen molar-refractivity contribution in [1.82, 2.24) is 9.47 Å². The quantitative estimate of drug-likeness (QED) is 0.147. The maximum Gasteiger partial charge on any atom is 0.303 e. The Morgan fingerprint density at radius 1 is 1.02 bits per heavy atom. The number of piperidine rings is 1. The first-order chi connectivity index (χ1) is 19.3. The number of nitriles is 1. The number of carboxylic acid groups (broad SMARTS) is 1. The molecule has 1 amide bonds. The van der Waals surface area contributed by atoms with E-state index in [1.54, 1.807) is 9.47 Å². The summed E-state index contributed by atoms with van der Waals surface area (Å²) in [6.07, 6.45) is 14.1. The summed E-state index contributed by atoms with van der Waals surface area (Å²) in [6, 6.07) is 2.12. The van der Waals surface area contributed by atoms with Crippen molar-refractivity contribution in [3.05, 3.63) is 31.9 Å². The van der Waals surface area contributed by atoms with Crippen LogP contribution in [0.25, 0.3) is 6.08 Å². The van der Waals surface area contributed by atoms with Crippen molar-refractivity contribution in [3.63, 3.8) is 0 Å². The van der Waals surface area contributed by atoms with Crippen molar-refractivity contribution in [2.75, 3.05) is 24.5 Å². The van der Waals surface area contributed by atoms with Gasteiger partial charge in [-0.05, 0) is 57.1 Å². The third kappa shape index (κ3) is 8.20. The van der Waals surface area contributed by atoms with Crippen LogP contribution in [-0.2, 0) is 16.1 Å². The molecule has 40 heavy (non-hydrogen) atoms. The Balaban J connectivity index is 1.70. The van der Waals surface area contributed by atoms with Gasteiger partial charge in [0.25, 0.3) is 11.5 Å². The van der Waals surface area contributed by atoms with Gasteiger partial charge in [0, 0.05) is 38.2 Å². The SMILES string of the molecule is CCCn1c(N2CCCCC2)c(/C=C2/SC(=S)N(CCCCCCCCCCC(=O)O)C2=O)c(C)c(C#N)c1=O. The molecule has 0 radical (unpaired) electrons. The van der Waals surface area contributed by atoms with E-state index in [0.29, 0.717) is 27.9 Å². The van der Waals surface area contributed by atoms with E-state index < -0.39 is 5.97 Å². The number of carbonyl (C=O) groups excluding carboxylic acids is 1. The molecule has 1 aromatic rings. The number of aromatic nitrogens is 1. The molecule has 0 bridgehead atoms. The molecule has 2 aliphatic heterocycles. The lowest BCUT2D eigenvalue weighted by molar-refractivity contribution is -0.137. The highest BCUT2D eigenvalue weighted by Gasteiger charge is 2.33. The van der Waals surface area contributed by atoms with Crippen LogP contribution >= 0.6 is 24.0 Å². The first kappa shape index (κ1) is 31.9. The molecule has 1 aromatic heterocycles. The second kappa shape index (κ2) is 16.0. The van der Waals surface area contributed by atoms with Crippen LogP contribution in [0.15, 0.2) is 9.70 Å². The minimum atomic E-state index is -0.726. The second-order valence-corrected chi connectivity index (χ2v) is 12.3. The molecule has 0 aromatic carbocycles. The maximum atomic E-state index is 13.4. The smallest absolute Gasteiger partial charge is 0.303 e. The van der Waals surface area contributed by atoms with Gasteiger partial charge in [-0.15, -0.1) is 0 Å². The lowest BCUT2D eigenvalue weighted by atomic mass is 10.0. The third-order valence-electron chi connectivity index (χ3n) is 7.62. The monoisotopic (exact) mass is 586 g/mol. The lowest BCUT2D eigenvalue weighted by Gasteiger charge is -2.33. The van der Waals surface area contributed by atoms with Crippen molar-refractivity contribution >= 4 is 52.1 Å². The summed E-state index contributed by atoms with van der Waals surface area (Å²) in [4.78, 5) is 41.8. The van der Waals surface area contributed by atoms with Crippen LogP contribution in [0, 0.1) is 18.3 Å². The van der Waals surface area contributed by atoms with Gasteiger partial charge in [-0.3, -0.25) is 23.9 Å². The van der Waals surface area contributed by atoms with Crippen molar-refractivity contribution in [2.45, 2.75) is 104 Å². The first-order valence-corrected chi connectivity index (χ1v) is 15.9. The van der Waals surface area contributed by atoms with Gasteiger partial charge in [-0.25, -0.2) is 0 Å². The van der Waals surface area contributed by atoms with E-state index in [4.69, 9.17) is 17.3 Å². The van der Waals surface area contributed by atoms with Crippen LogP contribution in [0.3, 0.4) is 0 Å². The Kier molecular flexibility index (Phi) is 12.7. The predicted molar refractivity (Wildman–Crippen MR) is 166 cm³/mol. The van der Waals surface area contributed by atoms with E-state index in [1.807, 2.05) is 19.9 Å². The van der Waals surface area contributed by atoms with E-state index in [1.165, 1.54) is 11.8 Å². The van der Waals surface area contributed by atoms with Gasteiger partial charge in [0.2, 0.25) is 0 Å². The number of aliphatic carboxylic acids is 1. The number of carbonyl (C=O) groups is 2. The molecule has 0 spiro atoms. The number of nitrogens with zero attached hydrogens (tertiary/aromatic N) is 4. The predicted octanol–water partition coefficient (Wildman–Crippen LogP) is 6.23. The average molecular weight is 587 g/mol. The number of pyridine rings is 1. The second-order valence-electron chi connectivity index (χ2n) is 10.7. The van der Waals surface area contributed by atoms with E-state index >= 15 is 0 Å². The number of unbranched alkanes of at least 4 members (excludes halogenated alkanes) is 7. The van der Waals surface area contributed by atoms with E-state index in [9.17, 15) is 19.6 Å². The number of hydrogen-bond acceptors (Lipinski definition) is 7. The Labute approximate surface area is 247 Å². The van der Waals surface area contributed by atoms with E-state index in [0.717, 1.165) is 102 Å². The molecule has 0 atom stereocenters. The minimum absolute atomic E-state index is 0.107. The van der Waals surface area contributed by atoms with Gasteiger partial charge in [0.15, 0.2) is 0 Å². The summed E-state index contributed by atoms with van der Waals surface area (Å²) in [5.74, 6) is -0.0176. The summed E-state index contributed by atoms with van der Waals surface area (Å²) < 4.78 is 2.28. The molecule has 10 heteroatoms. The third-order valence-corrected chi connectivity index (χ3v) is 9.00. The highest BCUT2D eigenvalue weighted by Crippen LogP contribution is 2.36. The summed E-state index contributed by atoms with van der Waals surface area (Å²) in [5.41, 5.74) is 1.27. The van der Waals surface area contributed by atoms with Crippen LogP contribution in [0.4, 0.5) is 5.82 Å². The molecule has 2 fully saturated rings. The van der Waals surface area contributed by atoms with Crippen LogP contribution in [0.5, 0.6) is 0 Å². The lowest BCUT2D eigenvalue weighted by Crippen LogP contribution is -2.37. The molecule has 0 unspecified atom stereocenters. The number of hydrogen-bond donors (Lipinski definition) is 1. The number of anilines is 1. The Morgan fingerprint density at radius 2 is 1.65 bits per heavy atom. The van der Waals surface area contributed by atoms with Gasteiger partial charge in [-0.1, -0.05) is 69.4 Å². The molecule has 0 saturated carbocycles. The topological polar surface area (TPSA) is 107 Å². The molecular weight excluding hydrogens is 544 g/mol. The molecule has 218 valence electrons. The van der Waals surface area contributed by atoms with Crippen molar-refractivity contribution < 1.29 is 14.7 Å². The maximum absolute atomic E-state index is 13.4. The van der Waals surface area contributed by atoms with Gasteiger partial charge < -0.3 is 10.0 Å². The fraction of sp³-hybridized carbons (Fsp3) is 0.633. The van der Waals surface area contributed by atoms with Crippen molar-refractivity contribution in [3.8, 4) is 6.07 Å². The number of rotatable bonds is 15. The first-order valence-electron chi connectivity index (χ1n) is 14.7. The average Bonchev–Trinajstić information content (AvgIpc) is 3.20. The molecule has 1 N–H and O–H groups in total. The van der Waals surface area contributed by atoms with Crippen LogP contribution < -0.4 is 10.5 Å². The normalized spacial score (nSPS) is 16.7. The van der Waals surface area contributed by atoms with E-state index in [-0.39, 0.29) is 23.5 Å². The summed E-state index contributed by atoms with van der Waals surface area (Å²) >= 11 is 6.88. The molecule has 2 saturated heterocycles. The standard InChI is InChI=1S/C30H42N4O4S2/c1-3-16-33-27(32-17-12-10-13-18-32)23(22(2)24(21-31)28(33)37)20-25-29(38)34(30(39)40-25)19-14-9-7-5-4-6-8-11-15-26(35)36/h20H,3-19H2,1-2H3,(H,35,36)/b25-20+. The molecule has 2 aliphatic rings. The number of amides is 1.